The van der Waals surface area contributed by atoms with Crippen molar-refractivity contribution in [2.75, 3.05) is 13.2 Å². The summed E-state index contributed by atoms with van der Waals surface area (Å²) in [5, 5.41) is 11.8. The summed E-state index contributed by atoms with van der Waals surface area (Å²) in [6, 6.07) is 12.3. The summed E-state index contributed by atoms with van der Waals surface area (Å²) >= 11 is 3.50. The van der Waals surface area contributed by atoms with Crippen molar-refractivity contribution in [3.8, 4) is 17.6 Å². The van der Waals surface area contributed by atoms with Gasteiger partial charge in [0.25, 0.3) is 5.91 Å². The van der Waals surface area contributed by atoms with E-state index in [0.717, 1.165) is 10.5 Å². The Balaban J connectivity index is 1.89. The van der Waals surface area contributed by atoms with Crippen LogP contribution in [0.15, 0.2) is 59.2 Å². The number of carbonyl (C=O) groups is 2. The minimum atomic E-state index is -0.489. The summed E-state index contributed by atoms with van der Waals surface area (Å²) < 4.78 is 12.3. The van der Waals surface area contributed by atoms with Gasteiger partial charge in [0.1, 0.15) is 12.3 Å². The van der Waals surface area contributed by atoms with Crippen LogP contribution in [0.5, 0.6) is 11.5 Å². The maximum atomic E-state index is 12.4. The fraction of sp³-hybridized carbons (Fsp3) is 0.174. The summed E-state index contributed by atoms with van der Waals surface area (Å²) in [4.78, 5) is 25.5. The highest BCUT2D eigenvalue weighted by Crippen LogP contribution is 2.38. The first-order valence-corrected chi connectivity index (χ1v) is 10.3. The molecule has 0 bridgehead atoms. The highest BCUT2D eigenvalue weighted by molar-refractivity contribution is 9.10. The maximum Gasteiger partial charge on any atom is 0.329 e. The van der Waals surface area contributed by atoms with Crippen molar-refractivity contribution >= 4 is 33.9 Å². The molecule has 2 aromatic carbocycles. The molecule has 1 aliphatic rings. The molecular formula is C23H20BrN3O4. The van der Waals surface area contributed by atoms with Crippen molar-refractivity contribution in [2.24, 2.45) is 0 Å². The number of benzene rings is 2. The van der Waals surface area contributed by atoms with Crippen LogP contribution < -0.4 is 14.8 Å². The molecule has 0 aliphatic carbocycles. The molecular weight excluding hydrogens is 462 g/mol. The first kappa shape index (κ1) is 22.1. The predicted molar refractivity (Wildman–Crippen MR) is 119 cm³/mol. The topological polar surface area (TPSA) is 91.7 Å². The molecule has 1 fully saturated rings. The third-order valence-electron chi connectivity index (χ3n) is 4.43. The van der Waals surface area contributed by atoms with Gasteiger partial charge in [-0.05, 0) is 52.7 Å². The van der Waals surface area contributed by atoms with Crippen LogP contribution in [0.3, 0.4) is 0 Å². The van der Waals surface area contributed by atoms with Crippen LogP contribution in [0.2, 0.25) is 0 Å². The zero-order chi connectivity index (χ0) is 22.4. The van der Waals surface area contributed by atoms with Crippen molar-refractivity contribution in [2.45, 2.75) is 13.5 Å². The molecule has 0 spiro atoms. The molecule has 0 saturated carbocycles. The molecule has 7 nitrogen and oxygen atoms in total. The lowest BCUT2D eigenvalue weighted by Crippen LogP contribution is -2.30. The van der Waals surface area contributed by atoms with Crippen molar-refractivity contribution < 1.29 is 19.1 Å². The fourth-order valence-electron chi connectivity index (χ4n) is 3.01. The van der Waals surface area contributed by atoms with E-state index in [0.29, 0.717) is 33.7 Å². The minimum absolute atomic E-state index is 0.132. The Morgan fingerprint density at radius 1 is 1.26 bits per heavy atom. The molecule has 3 amide bonds. The smallest absolute Gasteiger partial charge is 0.329 e. The number of imide groups is 1. The van der Waals surface area contributed by atoms with Crippen LogP contribution in [-0.2, 0) is 11.4 Å². The number of hydrogen-bond donors (Lipinski definition) is 1. The van der Waals surface area contributed by atoms with Gasteiger partial charge in [-0.3, -0.25) is 9.69 Å². The predicted octanol–water partition coefficient (Wildman–Crippen LogP) is 4.38. The zero-order valence-corrected chi connectivity index (χ0v) is 18.4. The average Bonchev–Trinajstić information content (AvgIpc) is 3.01. The standard InChI is InChI=1S/C23H20BrN3O4/c1-3-9-27-22(28)19(26-23(27)29)11-15-10-18(24)21(20(12-15)30-4-2)31-14-17-8-6-5-7-16(17)13-25/h3,5-8,10-12H,1,4,9,14H2,2H3,(H,26,29)/b19-11+. The largest absolute Gasteiger partial charge is 0.490 e. The monoisotopic (exact) mass is 481 g/mol. The Labute approximate surface area is 188 Å². The van der Waals surface area contributed by atoms with E-state index >= 15 is 0 Å². The Bertz CT molecular complexity index is 1100. The maximum absolute atomic E-state index is 12.4. The van der Waals surface area contributed by atoms with Gasteiger partial charge in [-0.1, -0.05) is 24.3 Å². The number of halogens is 1. The van der Waals surface area contributed by atoms with Crippen LogP contribution in [0.25, 0.3) is 6.08 Å². The average molecular weight is 482 g/mol. The molecule has 3 rings (SSSR count). The number of nitrogens with zero attached hydrogens (tertiary/aromatic N) is 2. The van der Waals surface area contributed by atoms with Gasteiger partial charge in [0.15, 0.2) is 11.5 Å². The van der Waals surface area contributed by atoms with E-state index in [1.807, 2.05) is 19.1 Å². The molecule has 1 heterocycles. The van der Waals surface area contributed by atoms with Gasteiger partial charge in [0, 0.05) is 12.1 Å². The number of hydrogen-bond acceptors (Lipinski definition) is 5. The molecule has 1 N–H and O–H groups in total. The Hall–Kier alpha value is -3.57. The van der Waals surface area contributed by atoms with Crippen LogP contribution in [0, 0.1) is 11.3 Å². The third-order valence-corrected chi connectivity index (χ3v) is 5.02. The van der Waals surface area contributed by atoms with Gasteiger partial charge in [-0.25, -0.2) is 4.79 Å². The van der Waals surface area contributed by atoms with Crippen LogP contribution in [-0.4, -0.2) is 30.0 Å². The summed E-state index contributed by atoms with van der Waals surface area (Å²) in [5.74, 6) is 0.525. The van der Waals surface area contributed by atoms with Gasteiger partial charge in [-0.2, -0.15) is 5.26 Å². The second-order valence-corrected chi connectivity index (χ2v) is 7.37. The number of rotatable bonds is 8. The summed E-state index contributed by atoms with van der Waals surface area (Å²) in [7, 11) is 0. The zero-order valence-electron chi connectivity index (χ0n) is 16.9. The lowest BCUT2D eigenvalue weighted by atomic mass is 10.1. The molecule has 0 unspecified atom stereocenters. The molecule has 158 valence electrons. The van der Waals surface area contributed by atoms with Gasteiger partial charge in [0.05, 0.1) is 22.7 Å². The first-order valence-electron chi connectivity index (χ1n) is 9.51. The van der Waals surface area contributed by atoms with E-state index in [1.165, 1.54) is 6.08 Å². The first-order chi connectivity index (χ1) is 15.0. The van der Waals surface area contributed by atoms with Crippen molar-refractivity contribution in [1.29, 1.82) is 5.26 Å². The number of amides is 3. The Morgan fingerprint density at radius 3 is 2.74 bits per heavy atom. The van der Waals surface area contributed by atoms with E-state index in [9.17, 15) is 14.9 Å². The van der Waals surface area contributed by atoms with Crippen LogP contribution >= 0.6 is 15.9 Å². The lowest BCUT2D eigenvalue weighted by molar-refractivity contribution is -0.122. The van der Waals surface area contributed by atoms with Crippen molar-refractivity contribution in [3.63, 3.8) is 0 Å². The van der Waals surface area contributed by atoms with Gasteiger partial charge in [-0.15, -0.1) is 6.58 Å². The highest BCUT2D eigenvalue weighted by Gasteiger charge is 2.32. The van der Waals surface area contributed by atoms with E-state index in [-0.39, 0.29) is 18.8 Å². The number of ether oxygens (including phenoxy) is 2. The molecule has 31 heavy (non-hydrogen) atoms. The number of urea groups is 1. The fourth-order valence-corrected chi connectivity index (χ4v) is 3.59. The minimum Gasteiger partial charge on any atom is -0.490 e. The SMILES string of the molecule is C=CCN1C(=O)N/C(=C/c2cc(Br)c(OCc3ccccc3C#N)c(OCC)c2)C1=O. The van der Waals surface area contributed by atoms with Gasteiger partial charge >= 0.3 is 6.03 Å². The van der Waals surface area contributed by atoms with E-state index in [1.54, 1.807) is 30.3 Å². The van der Waals surface area contributed by atoms with Crippen LogP contribution in [0.4, 0.5) is 4.79 Å². The van der Waals surface area contributed by atoms with Gasteiger partial charge in [0.2, 0.25) is 0 Å². The number of carbonyl (C=O) groups excluding carboxylic acids is 2. The normalized spacial score (nSPS) is 14.4. The molecule has 0 atom stereocenters. The summed E-state index contributed by atoms with van der Waals surface area (Å²) in [5.41, 5.74) is 2.10. The third kappa shape index (κ3) is 4.95. The van der Waals surface area contributed by atoms with Gasteiger partial charge < -0.3 is 14.8 Å². The van der Waals surface area contributed by atoms with E-state index in [2.05, 4.69) is 33.9 Å². The molecule has 1 saturated heterocycles. The Kier molecular flexibility index (Phi) is 7.11. The summed E-state index contributed by atoms with van der Waals surface area (Å²) in [6.45, 7) is 6.13. The molecule has 0 radical (unpaired) electrons. The Morgan fingerprint density at radius 2 is 2.03 bits per heavy atom. The summed E-state index contributed by atoms with van der Waals surface area (Å²) in [6.07, 6.45) is 3.06. The number of nitriles is 1. The molecule has 1 aliphatic heterocycles. The highest BCUT2D eigenvalue weighted by atomic mass is 79.9. The van der Waals surface area contributed by atoms with E-state index in [4.69, 9.17) is 9.47 Å². The molecule has 0 aromatic heterocycles. The van der Waals surface area contributed by atoms with Crippen molar-refractivity contribution in [3.05, 3.63) is 75.9 Å². The quantitative estimate of drug-likeness (QED) is 0.343. The lowest BCUT2D eigenvalue weighted by Gasteiger charge is -2.15. The second-order valence-electron chi connectivity index (χ2n) is 6.51. The molecule has 8 heteroatoms. The van der Waals surface area contributed by atoms with Crippen LogP contribution in [0.1, 0.15) is 23.6 Å². The number of nitrogens with one attached hydrogen (secondary N) is 1. The van der Waals surface area contributed by atoms with E-state index < -0.39 is 11.9 Å². The second kappa shape index (κ2) is 9.96. The van der Waals surface area contributed by atoms with Crippen molar-refractivity contribution in [1.82, 2.24) is 10.2 Å². The molecule has 2 aromatic rings.